The van der Waals surface area contributed by atoms with Gasteiger partial charge in [-0.3, -0.25) is 4.68 Å². The van der Waals surface area contributed by atoms with Crippen molar-refractivity contribution >= 4 is 10.9 Å². The maximum Gasteiger partial charge on any atom is 0.174 e. The van der Waals surface area contributed by atoms with Crippen LogP contribution in [-0.2, 0) is 7.05 Å². The Morgan fingerprint density at radius 2 is 2.29 bits per heavy atom. The number of ether oxygens (including phenoxy) is 1. The zero-order valence-corrected chi connectivity index (χ0v) is 7.98. The number of hydrogen-bond donors (Lipinski definition) is 0. The maximum atomic E-state index is 8.89. The smallest absolute Gasteiger partial charge is 0.174 e. The minimum Gasteiger partial charge on any atom is -0.496 e. The molecule has 1 aromatic carbocycles. The van der Waals surface area contributed by atoms with Crippen LogP contribution in [0.15, 0.2) is 18.2 Å². The number of nitrogens with zero attached hydrogens (tertiary/aromatic N) is 3. The van der Waals surface area contributed by atoms with Gasteiger partial charge in [0.05, 0.1) is 18.0 Å². The maximum absolute atomic E-state index is 8.89. The van der Waals surface area contributed by atoms with Gasteiger partial charge < -0.3 is 4.74 Å². The van der Waals surface area contributed by atoms with Gasteiger partial charge in [0.15, 0.2) is 5.69 Å². The van der Waals surface area contributed by atoms with Crippen LogP contribution in [0.2, 0.25) is 0 Å². The first-order chi connectivity index (χ1) is 6.77. The van der Waals surface area contributed by atoms with Crippen LogP contribution >= 0.6 is 0 Å². The highest BCUT2D eigenvalue weighted by atomic mass is 16.5. The van der Waals surface area contributed by atoms with Crippen molar-refractivity contribution in [2.45, 2.75) is 0 Å². The Morgan fingerprint density at radius 1 is 1.50 bits per heavy atom. The van der Waals surface area contributed by atoms with E-state index in [9.17, 15) is 0 Å². The molecule has 0 bridgehead atoms. The van der Waals surface area contributed by atoms with Crippen LogP contribution in [0.3, 0.4) is 0 Å². The van der Waals surface area contributed by atoms with Gasteiger partial charge in [0.25, 0.3) is 0 Å². The first-order valence-electron chi connectivity index (χ1n) is 4.17. The van der Waals surface area contributed by atoms with E-state index < -0.39 is 0 Å². The highest BCUT2D eigenvalue weighted by Gasteiger charge is 2.11. The summed E-state index contributed by atoms with van der Waals surface area (Å²) in [5.74, 6) is 0.687. The highest BCUT2D eigenvalue weighted by molar-refractivity contribution is 5.90. The van der Waals surface area contributed by atoms with E-state index in [0.29, 0.717) is 11.4 Å². The molecule has 0 aliphatic rings. The second-order valence-corrected chi connectivity index (χ2v) is 2.94. The summed E-state index contributed by atoms with van der Waals surface area (Å²) in [6.45, 7) is 0. The van der Waals surface area contributed by atoms with Crippen molar-refractivity contribution in [3.05, 3.63) is 23.9 Å². The monoisotopic (exact) mass is 187 g/mol. The number of rotatable bonds is 1. The molecular weight excluding hydrogens is 178 g/mol. The van der Waals surface area contributed by atoms with Crippen LogP contribution < -0.4 is 4.74 Å². The van der Waals surface area contributed by atoms with Gasteiger partial charge in [0, 0.05) is 7.05 Å². The fourth-order valence-corrected chi connectivity index (χ4v) is 1.53. The predicted molar refractivity (Wildman–Crippen MR) is 52.0 cm³/mol. The normalized spacial score (nSPS) is 10.1. The van der Waals surface area contributed by atoms with E-state index >= 15 is 0 Å². The number of benzene rings is 1. The van der Waals surface area contributed by atoms with E-state index in [1.165, 1.54) is 0 Å². The molecule has 0 aliphatic carbocycles. The number of aromatic nitrogens is 2. The van der Waals surface area contributed by atoms with E-state index in [-0.39, 0.29) is 0 Å². The highest BCUT2D eigenvalue weighted by Crippen LogP contribution is 2.27. The first-order valence-corrected chi connectivity index (χ1v) is 4.17. The Morgan fingerprint density at radius 3 is 2.93 bits per heavy atom. The SMILES string of the molecule is COc1cccc2c1c(C#N)nn2C. The van der Waals surface area contributed by atoms with Crippen LogP contribution in [-0.4, -0.2) is 16.9 Å². The van der Waals surface area contributed by atoms with Crippen molar-refractivity contribution in [1.82, 2.24) is 9.78 Å². The molecule has 4 heteroatoms. The van der Waals surface area contributed by atoms with Gasteiger partial charge in [0.2, 0.25) is 0 Å². The lowest BCUT2D eigenvalue weighted by atomic mass is 10.2. The van der Waals surface area contributed by atoms with Crippen molar-refractivity contribution in [3.8, 4) is 11.8 Å². The van der Waals surface area contributed by atoms with E-state index in [1.54, 1.807) is 11.8 Å². The molecule has 1 aromatic heterocycles. The third kappa shape index (κ3) is 1.03. The second-order valence-electron chi connectivity index (χ2n) is 2.94. The summed E-state index contributed by atoms with van der Waals surface area (Å²) in [6.07, 6.45) is 0. The van der Waals surface area contributed by atoms with Crippen LogP contribution in [0.1, 0.15) is 5.69 Å². The number of fused-ring (bicyclic) bond motifs is 1. The summed E-state index contributed by atoms with van der Waals surface area (Å²) in [6, 6.07) is 7.67. The molecule has 0 aliphatic heterocycles. The first kappa shape index (κ1) is 8.57. The molecule has 0 N–H and O–H groups in total. The lowest BCUT2D eigenvalue weighted by Crippen LogP contribution is -1.89. The summed E-state index contributed by atoms with van der Waals surface area (Å²) >= 11 is 0. The van der Waals surface area contributed by atoms with Crippen LogP contribution in [0.4, 0.5) is 0 Å². The average Bonchev–Trinajstić information content (AvgIpc) is 2.56. The number of aryl methyl sites for hydroxylation is 1. The number of hydrogen-bond acceptors (Lipinski definition) is 3. The quantitative estimate of drug-likeness (QED) is 0.679. The minimum absolute atomic E-state index is 0.403. The molecule has 14 heavy (non-hydrogen) atoms. The lowest BCUT2D eigenvalue weighted by Gasteiger charge is -2.00. The van der Waals surface area contributed by atoms with Gasteiger partial charge in [0.1, 0.15) is 11.8 Å². The number of nitriles is 1. The zero-order valence-electron chi connectivity index (χ0n) is 7.98. The van der Waals surface area contributed by atoms with Crippen LogP contribution in [0.5, 0.6) is 5.75 Å². The molecule has 0 fully saturated rings. The Balaban J connectivity index is 2.91. The Hall–Kier alpha value is -2.02. The molecule has 4 nitrogen and oxygen atoms in total. The molecule has 0 unspecified atom stereocenters. The summed E-state index contributed by atoms with van der Waals surface area (Å²) in [5.41, 5.74) is 1.31. The fraction of sp³-hybridized carbons (Fsp3) is 0.200. The molecule has 2 aromatic rings. The molecule has 0 amide bonds. The van der Waals surface area contributed by atoms with E-state index in [4.69, 9.17) is 10.00 Å². The summed E-state index contributed by atoms with van der Waals surface area (Å²) < 4.78 is 6.86. The van der Waals surface area contributed by atoms with Gasteiger partial charge in [-0.25, -0.2) is 0 Å². The van der Waals surface area contributed by atoms with E-state index in [0.717, 1.165) is 10.9 Å². The lowest BCUT2D eigenvalue weighted by molar-refractivity contribution is 0.420. The second kappa shape index (κ2) is 3.04. The van der Waals surface area contributed by atoms with E-state index in [1.807, 2.05) is 25.2 Å². The topological polar surface area (TPSA) is 50.8 Å². The molecule has 0 saturated carbocycles. The molecule has 2 rings (SSSR count). The van der Waals surface area contributed by atoms with Crippen molar-refractivity contribution in [1.29, 1.82) is 5.26 Å². The molecule has 70 valence electrons. The van der Waals surface area contributed by atoms with Crippen molar-refractivity contribution in [3.63, 3.8) is 0 Å². The number of methoxy groups -OCH3 is 1. The van der Waals surface area contributed by atoms with Crippen molar-refractivity contribution in [2.75, 3.05) is 7.11 Å². The molecule has 0 atom stereocenters. The zero-order chi connectivity index (χ0) is 10.1. The summed E-state index contributed by atoms with van der Waals surface area (Å²) in [7, 11) is 3.39. The Bertz CT molecular complexity index is 522. The van der Waals surface area contributed by atoms with Crippen molar-refractivity contribution < 1.29 is 4.74 Å². The van der Waals surface area contributed by atoms with Gasteiger partial charge in [-0.05, 0) is 12.1 Å². The third-order valence-electron chi connectivity index (χ3n) is 2.17. The largest absolute Gasteiger partial charge is 0.496 e. The third-order valence-corrected chi connectivity index (χ3v) is 2.17. The Kier molecular flexibility index (Phi) is 1.86. The molecular formula is C10H9N3O. The Labute approximate surface area is 81.3 Å². The van der Waals surface area contributed by atoms with Gasteiger partial charge in [-0.1, -0.05) is 6.07 Å². The average molecular weight is 187 g/mol. The summed E-state index contributed by atoms with van der Waals surface area (Å²) in [4.78, 5) is 0. The molecule has 0 spiro atoms. The fourth-order valence-electron chi connectivity index (χ4n) is 1.53. The van der Waals surface area contributed by atoms with Crippen LogP contribution in [0, 0.1) is 11.3 Å². The predicted octanol–water partition coefficient (Wildman–Crippen LogP) is 1.45. The van der Waals surface area contributed by atoms with Crippen molar-refractivity contribution in [2.24, 2.45) is 7.05 Å². The van der Waals surface area contributed by atoms with Crippen LogP contribution in [0.25, 0.3) is 10.9 Å². The molecule has 1 heterocycles. The van der Waals surface area contributed by atoms with E-state index in [2.05, 4.69) is 11.2 Å². The molecule has 0 radical (unpaired) electrons. The summed E-state index contributed by atoms with van der Waals surface area (Å²) in [5, 5.41) is 13.8. The molecule has 0 saturated heterocycles. The standard InChI is InChI=1S/C10H9N3O/c1-13-8-4-3-5-9(14-2)10(8)7(6-11)12-13/h3-5H,1-2H3. The van der Waals surface area contributed by atoms with Gasteiger partial charge in [-0.2, -0.15) is 10.4 Å². The minimum atomic E-state index is 0.403. The van der Waals surface area contributed by atoms with Gasteiger partial charge >= 0.3 is 0 Å². The van der Waals surface area contributed by atoms with Gasteiger partial charge in [-0.15, -0.1) is 0 Å².